The van der Waals surface area contributed by atoms with E-state index in [1.54, 1.807) is 37.3 Å². The maximum atomic E-state index is 14.0. The van der Waals surface area contributed by atoms with Crippen molar-refractivity contribution >= 4 is 27.5 Å². The average Bonchev–Trinajstić information content (AvgIpc) is 2.98. The number of carbonyl (C=O) groups is 2. The number of amides is 2. The van der Waals surface area contributed by atoms with Crippen molar-refractivity contribution in [3.8, 4) is 0 Å². The molecule has 1 aliphatic carbocycles. The lowest BCUT2D eigenvalue weighted by Gasteiger charge is -2.33. The largest absolute Gasteiger partial charge is 0.352 e. The van der Waals surface area contributed by atoms with Crippen molar-refractivity contribution in [1.29, 1.82) is 0 Å². The minimum Gasteiger partial charge on any atom is -0.352 e. The van der Waals surface area contributed by atoms with E-state index in [2.05, 4.69) is 5.32 Å². The van der Waals surface area contributed by atoms with Crippen LogP contribution >= 0.6 is 0 Å². The fourth-order valence-corrected chi connectivity index (χ4v) is 6.53. The highest BCUT2D eigenvalue weighted by Crippen LogP contribution is 2.25. The number of rotatable bonds is 11. The van der Waals surface area contributed by atoms with Crippen LogP contribution in [0.5, 0.6) is 0 Å². The first-order valence-electron chi connectivity index (χ1n) is 14.0. The maximum Gasteiger partial charge on any atom is 0.264 e. The number of sulfonamides is 1. The third-order valence-electron chi connectivity index (χ3n) is 7.54. The number of hydrogen-bond donors (Lipinski definition) is 1. The number of aryl methyl sites for hydroxylation is 1. The summed E-state index contributed by atoms with van der Waals surface area (Å²) in [4.78, 5) is 28.9. The molecule has 0 heterocycles. The number of benzene rings is 3. The van der Waals surface area contributed by atoms with Gasteiger partial charge < -0.3 is 10.2 Å². The van der Waals surface area contributed by atoms with Gasteiger partial charge in [0.15, 0.2) is 0 Å². The first-order chi connectivity index (χ1) is 19.3. The Hall–Kier alpha value is -3.65. The van der Waals surface area contributed by atoms with Gasteiger partial charge in [-0.05, 0) is 62.9 Å². The molecule has 40 heavy (non-hydrogen) atoms. The number of nitrogens with one attached hydrogen (secondary N) is 1. The topological polar surface area (TPSA) is 86.8 Å². The molecule has 0 radical (unpaired) electrons. The van der Waals surface area contributed by atoms with Gasteiger partial charge in [0.2, 0.25) is 11.8 Å². The van der Waals surface area contributed by atoms with Crippen molar-refractivity contribution in [3.05, 3.63) is 96.1 Å². The molecule has 0 aliphatic heterocycles. The highest BCUT2D eigenvalue weighted by atomic mass is 32.2. The van der Waals surface area contributed by atoms with Crippen LogP contribution in [0.1, 0.15) is 50.2 Å². The SMILES string of the molecule is Cc1ccc(N(CC(=O)N(CCc2ccccc2)[C@@H](C)C(=O)NC2CCCCC2)S(=O)(=O)c2ccccc2)cc1. The molecule has 8 heteroatoms. The highest BCUT2D eigenvalue weighted by molar-refractivity contribution is 7.92. The molecule has 2 amide bonds. The molecular weight excluding hydrogens is 522 g/mol. The van der Waals surface area contributed by atoms with E-state index in [0.29, 0.717) is 12.1 Å². The second-order valence-corrected chi connectivity index (χ2v) is 12.4. The fraction of sp³-hybridized carbons (Fsp3) is 0.375. The second kappa shape index (κ2) is 13.6. The normalized spacial score (nSPS) is 14.8. The summed E-state index contributed by atoms with van der Waals surface area (Å²) in [5.41, 5.74) is 2.40. The summed E-state index contributed by atoms with van der Waals surface area (Å²) in [7, 11) is -4.05. The molecule has 0 spiro atoms. The summed E-state index contributed by atoms with van der Waals surface area (Å²) in [6, 6.07) is 24.3. The third-order valence-corrected chi connectivity index (χ3v) is 9.32. The number of anilines is 1. The van der Waals surface area contributed by atoms with Crippen LogP contribution in [-0.2, 0) is 26.0 Å². The molecule has 4 rings (SSSR count). The van der Waals surface area contributed by atoms with E-state index in [-0.39, 0.29) is 23.4 Å². The van der Waals surface area contributed by atoms with Crippen LogP contribution in [-0.4, -0.2) is 50.3 Å². The monoisotopic (exact) mass is 561 g/mol. The number of hydrogen-bond acceptors (Lipinski definition) is 4. The lowest BCUT2D eigenvalue weighted by atomic mass is 9.95. The zero-order chi connectivity index (χ0) is 28.5. The molecule has 0 aromatic heterocycles. The van der Waals surface area contributed by atoms with Gasteiger partial charge in [-0.3, -0.25) is 13.9 Å². The van der Waals surface area contributed by atoms with E-state index < -0.39 is 28.5 Å². The Kier molecular flexibility index (Phi) is 9.98. The van der Waals surface area contributed by atoms with Crippen molar-refractivity contribution in [2.75, 3.05) is 17.4 Å². The number of nitrogens with zero attached hydrogens (tertiary/aromatic N) is 2. The molecule has 7 nitrogen and oxygen atoms in total. The molecule has 1 atom stereocenters. The second-order valence-electron chi connectivity index (χ2n) is 10.5. The van der Waals surface area contributed by atoms with Gasteiger partial charge in [-0.2, -0.15) is 0 Å². The Bertz CT molecular complexity index is 1360. The molecule has 3 aromatic rings. The Morgan fingerprint density at radius 3 is 2.10 bits per heavy atom. The van der Waals surface area contributed by atoms with Crippen LogP contribution < -0.4 is 9.62 Å². The summed E-state index contributed by atoms with van der Waals surface area (Å²) >= 11 is 0. The van der Waals surface area contributed by atoms with Crippen molar-refractivity contribution in [2.24, 2.45) is 0 Å². The fourth-order valence-electron chi connectivity index (χ4n) is 5.10. The number of carbonyl (C=O) groups excluding carboxylic acids is 2. The molecule has 1 N–H and O–H groups in total. The summed E-state index contributed by atoms with van der Waals surface area (Å²) in [6.07, 6.45) is 5.76. The Morgan fingerprint density at radius 2 is 1.48 bits per heavy atom. The van der Waals surface area contributed by atoms with Crippen LogP contribution in [0.4, 0.5) is 5.69 Å². The summed E-state index contributed by atoms with van der Waals surface area (Å²) < 4.78 is 28.7. The molecule has 1 aliphatic rings. The molecular formula is C32H39N3O4S. The van der Waals surface area contributed by atoms with Crippen LogP contribution in [0.15, 0.2) is 89.8 Å². The minimum absolute atomic E-state index is 0.0994. The minimum atomic E-state index is -4.05. The van der Waals surface area contributed by atoms with Crippen molar-refractivity contribution in [2.45, 2.75) is 69.4 Å². The summed E-state index contributed by atoms with van der Waals surface area (Å²) in [6.45, 7) is 3.51. The van der Waals surface area contributed by atoms with Gasteiger partial charge in [0.1, 0.15) is 12.6 Å². The first kappa shape index (κ1) is 29.3. The molecule has 0 saturated heterocycles. The molecule has 0 unspecified atom stereocenters. The zero-order valence-corrected chi connectivity index (χ0v) is 24.1. The standard InChI is InChI=1S/C32H39N3O4S/c1-25-18-20-29(21-19-25)35(40(38,39)30-16-10-5-11-17-30)24-31(36)34(23-22-27-12-6-3-7-13-27)26(2)32(37)33-28-14-8-4-9-15-28/h3,5-7,10-13,16-21,26,28H,4,8-9,14-15,22-24H2,1-2H3,(H,33,37)/t26-/m0/s1. The first-order valence-corrected chi connectivity index (χ1v) is 15.5. The van der Waals surface area contributed by atoms with Crippen molar-refractivity contribution in [3.63, 3.8) is 0 Å². The summed E-state index contributed by atoms with van der Waals surface area (Å²) in [5, 5.41) is 3.13. The van der Waals surface area contributed by atoms with Gasteiger partial charge in [0.05, 0.1) is 10.6 Å². The van der Waals surface area contributed by atoms with Gasteiger partial charge >= 0.3 is 0 Å². The van der Waals surface area contributed by atoms with Crippen molar-refractivity contribution in [1.82, 2.24) is 10.2 Å². The zero-order valence-electron chi connectivity index (χ0n) is 23.3. The molecule has 0 bridgehead atoms. The van der Waals surface area contributed by atoms with Crippen molar-refractivity contribution < 1.29 is 18.0 Å². The van der Waals surface area contributed by atoms with Crippen LogP contribution in [0, 0.1) is 6.92 Å². The van der Waals surface area contributed by atoms with E-state index in [0.717, 1.165) is 41.1 Å². The van der Waals surface area contributed by atoms with Crippen LogP contribution in [0.25, 0.3) is 0 Å². The van der Waals surface area contributed by atoms with Crippen LogP contribution in [0.2, 0.25) is 0 Å². The van der Waals surface area contributed by atoms with Gasteiger partial charge in [0.25, 0.3) is 10.0 Å². The van der Waals surface area contributed by atoms with Gasteiger partial charge in [-0.25, -0.2) is 8.42 Å². The maximum absolute atomic E-state index is 14.0. The molecule has 1 saturated carbocycles. The Balaban J connectivity index is 1.62. The van der Waals surface area contributed by atoms with Gasteiger partial charge in [-0.15, -0.1) is 0 Å². The smallest absolute Gasteiger partial charge is 0.264 e. The predicted molar refractivity (Wildman–Crippen MR) is 158 cm³/mol. The average molecular weight is 562 g/mol. The lowest BCUT2D eigenvalue weighted by Crippen LogP contribution is -2.53. The van der Waals surface area contributed by atoms with E-state index in [9.17, 15) is 18.0 Å². The lowest BCUT2D eigenvalue weighted by molar-refractivity contribution is -0.139. The Labute approximate surface area is 238 Å². The highest BCUT2D eigenvalue weighted by Gasteiger charge is 2.33. The Morgan fingerprint density at radius 1 is 0.875 bits per heavy atom. The van der Waals surface area contributed by atoms with Gasteiger partial charge in [-0.1, -0.05) is 85.5 Å². The third kappa shape index (κ3) is 7.50. The molecule has 1 fully saturated rings. The van der Waals surface area contributed by atoms with E-state index in [1.165, 1.54) is 23.5 Å². The molecule has 3 aromatic carbocycles. The quantitative estimate of drug-likeness (QED) is 0.353. The van der Waals surface area contributed by atoms with Crippen LogP contribution in [0.3, 0.4) is 0 Å². The molecule has 212 valence electrons. The summed E-state index contributed by atoms with van der Waals surface area (Å²) in [5.74, 6) is -0.636. The van der Waals surface area contributed by atoms with E-state index in [4.69, 9.17) is 0 Å². The van der Waals surface area contributed by atoms with Gasteiger partial charge in [0, 0.05) is 12.6 Å². The van der Waals surface area contributed by atoms with E-state index >= 15 is 0 Å². The predicted octanol–water partition coefficient (Wildman–Crippen LogP) is 5.10. The van der Waals surface area contributed by atoms with E-state index in [1.807, 2.05) is 49.4 Å².